The maximum atomic E-state index is 7.01. The standard InChI is InChI=1S/C9H15N3/c1-3-11-9(2)7-5-4-6-8(9)12-10/h4-6,10-11H,3,7H2,1-2H3/t9-/m1/s1. The fourth-order valence-electron chi connectivity index (χ4n) is 1.46. The monoisotopic (exact) mass is 165 g/mol. The molecule has 0 unspecified atom stereocenters. The predicted molar refractivity (Wildman–Crippen MR) is 49.1 cm³/mol. The van der Waals surface area contributed by atoms with Crippen molar-refractivity contribution in [1.29, 1.82) is 5.53 Å². The van der Waals surface area contributed by atoms with Crippen LogP contribution in [0.1, 0.15) is 20.3 Å². The molecule has 3 heteroatoms. The fraction of sp³-hybridized carbons (Fsp3) is 0.556. The van der Waals surface area contributed by atoms with E-state index in [0.717, 1.165) is 18.7 Å². The zero-order chi connectivity index (χ0) is 9.03. The molecule has 0 aliphatic heterocycles. The van der Waals surface area contributed by atoms with E-state index in [1.54, 1.807) is 0 Å². The zero-order valence-electron chi connectivity index (χ0n) is 7.59. The predicted octanol–water partition coefficient (Wildman–Crippen LogP) is 2.23. The Morgan fingerprint density at radius 1 is 1.75 bits per heavy atom. The molecule has 66 valence electrons. The number of rotatable bonds is 3. The minimum absolute atomic E-state index is 0.134. The molecule has 0 aromatic carbocycles. The van der Waals surface area contributed by atoms with Gasteiger partial charge in [0.1, 0.15) is 0 Å². The molecule has 0 bridgehead atoms. The third kappa shape index (κ3) is 1.61. The first-order chi connectivity index (χ1) is 5.73. The summed E-state index contributed by atoms with van der Waals surface area (Å²) in [5, 5.41) is 6.85. The quantitative estimate of drug-likeness (QED) is 0.619. The Kier molecular flexibility index (Phi) is 2.76. The Labute approximate surface area is 73.1 Å². The first kappa shape index (κ1) is 9.13. The SMILES string of the molecule is CCN[C@]1(C)CC=CC=C1N=N. The van der Waals surface area contributed by atoms with Crippen LogP contribution in [0.15, 0.2) is 29.0 Å². The molecule has 12 heavy (non-hydrogen) atoms. The molecular formula is C9H15N3. The highest BCUT2D eigenvalue weighted by Gasteiger charge is 2.27. The molecule has 0 aromatic heterocycles. The van der Waals surface area contributed by atoms with Gasteiger partial charge in [0.15, 0.2) is 0 Å². The van der Waals surface area contributed by atoms with Crippen LogP contribution in [-0.2, 0) is 0 Å². The molecule has 0 heterocycles. The second kappa shape index (κ2) is 3.63. The van der Waals surface area contributed by atoms with E-state index in [9.17, 15) is 0 Å². The number of nitrogens with zero attached hydrogens (tertiary/aromatic N) is 1. The third-order valence-electron chi connectivity index (χ3n) is 2.17. The summed E-state index contributed by atoms with van der Waals surface area (Å²) in [5.41, 5.74) is 7.69. The van der Waals surface area contributed by atoms with Crippen LogP contribution < -0.4 is 5.32 Å². The molecule has 1 aliphatic rings. The van der Waals surface area contributed by atoms with Crippen molar-refractivity contribution in [3.05, 3.63) is 23.9 Å². The first-order valence-corrected chi connectivity index (χ1v) is 4.23. The Morgan fingerprint density at radius 3 is 3.08 bits per heavy atom. The molecule has 3 nitrogen and oxygen atoms in total. The third-order valence-corrected chi connectivity index (χ3v) is 2.17. The molecule has 1 atom stereocenters. The van der Waals surface area contributed by atoms with Gasteiger partial charge in [-0.05, 0) is 26.0 Å². The molecule has 0 saturated heterocycles. The summed E-state index contributed by atoms with van der Waals surface area (Å²) in [7, 11) is 0. The van der Waals surface area contributed by atoms with E-state index in [1.807, 2.05) is 12.2 Å². The summed E-state index contributed by atoms with van der Waals surface area (Å²) < 4.78 is 0. The van der Waals surface area contributed by atoms with Gasteiger partial charge >= 0.3 is 0 Å². The van der Waals surface area contributed by atoms with Crippen molar-refractivity contribution in [1.82, 2.24) is 5.32 Å². The average molecular weight is 165 g/mol. The molecule has 0 saturated carbocycles. The van der Waals surface area contributed by atoms with Crippen LogP contribution in [0.3, 0.4) is 0 Å². The second-order valence-electron chi connectivity index (χ2n) is 3.16. The topological polar surface area (TPSA) is 48.2 Å². The number of hydrogen-bond acceptors (Lipinski definition) is 3. The molecule has 0 spiro atoms. The Morgan fingerprint density at radius 2 is 2.50 bits per heavy atom. The van der Waals surface area contributed by atoms with Crippen molar-refractivity contribution < 1.29 is 0 Å². The normalized spacial score (nSPS) is 28.3. The van der Waals surface area contributed by atoms with Gasteiger partial charge in [0.25, 0.3) is 0 Å². The molecule has 1 rings (SSSR count). The zero-order valence-corrected chi connectivity index (χ0v) is 7.59. The van der Waals surface area contributed by atoms with E-state index in [-0.39, 0.29) is 5.54 Å². The molecule has 0 aromatic rings. The van der Waals surface area contributed by atoms with E-state index in [4.69, 9.17) is 5.53 Å². The highest BCUT2D eigenvalue weighted by Crippen LogP contribution is 2.25. The number of hydrogen-bond donors (Lipinski definition) is 2. The van der Waals surface area contributed by atoms with Crippen LogP contribution >= 0.6 is 0 Å². The van der Waals surface area contributed by atoms with Gasteiger partial charge in [0.2, 0.25) is 0 Å². The van der Waals surface area contributed by atoms with E-state index in [1.165, 1.54) is 0 Å². The van der Waals surface area contributed by atoms with Gasteiger partial charge in [0.05, 0.1) is 11.2 Å². The molecule has 2 N–H and O–H groups in total. The van der Waals surface area contributed by atoms with E-state index < -0.39 is 0 Å². The van der Waals surface area contributed by atoms with Crippen molar-refractivity contribution in [2.24, 2.45) is 5.11 Å². The minimum Gasteiger partial charge on any atom is -0.306 e. The van der Waals surface area contributed by atoms with E-state index in [2.05, 4.69) is 30.4 Å². The van der Waals surface area contributed by atoms with Crippen molar-refractivity contribution in [2.75, 3.05) is 6.54 Å². The van der Waals surface area contributed by atoms with Crippen LogP contribution in [-0.4, -0.2) is 12.1 Å². The Balaban J connectivity index is 2.82. The highest BCUT2D eigenvalue weighted by molar-refractivity contribution is 5.28. The summed E-state index contributed by atoms with van der Waals surface area (Å²) in [6.07, 6.45) is 6.85. The lowest BCUT2D eigenvalue weighted by Gasteiger charge is -2.30. The van der Waals surface area contributed by atoms with Crippen molar-refractivity contribution in [2.45, 2.75) is 25.8 Å². The fourth-order valence-corrected chi connectivity index (χ4v) is 1.46. The van der Waals surface area contributed by atoms with Gasteiger partial charge in [-0.1, -0.05) is 19.1 Å². The summed E-state index contributed by atoms with van der Waals surface area (Å²) in [6, 6.07) is 0. The van der Waals surface area contributed by atoms with Gasteiger partial charge in [-0.2, -0.15) is 5.11 Å². The Bertz CT molecular complexity index is 230. The summed E-state index contributed by atoms with van der Waals surface area (Å²) in [6.45, 7) is 5.03. The van der Waals surface area contributed by atoms with E-state index in [0.29, 0.717) is 0 Å². The van der Waals surface area contributed by atoms with Gasteiger partial charge in [0, 0.05) is 0 Å². The van der Waals surface area contributed by atoms with Gasteiger partial charge in [-0.25, -0.2) is 5.53 Å². The largest absolute Gasteiger partial charge is 0.306 e. The molecule has 0 radical (unpaired) electrons. The van der Waals surface area contributed by atoms with Gasteiger partial charge < -0.3 is 5.32 Å². The van der Waals surface area contributed by atoms with Crippen LogP contribution in [0.5, 0.6) is 0 Å². The van der Waals surface area contributed by atoms with Gasteiger partial charge in [-0.3, -0.25) is 0 Å². The van der Waals surface area contributed by atoms with Crippen LogP contribution in [0.4, 0.5) is 0 Å². The Hall–Kier alpha value is -0.960. The number of nitrogens with one attached hydrogen (secondary N) is 2. The lowest BCUT2D eigenvalue weighted by atomic mass is 9.90. The van der Waals surface area contributed by atoms with Crippen LogP contribution in [0, 0.1) is 5.53 Å². The molecular weight excluding hydrogens is 150 g/mol. The second-order valence-corrected chi connectivity index (χ2v) is 3.16. The lowest BCUT2D eigenvalue weighted by molar-refractivity contribution is 0.417. The number of allylic oxidation sites excluding steroid dienone is 2. The lowest BCUT2D eigenvalue weighted by Crippen LogP contribution is -2.43. The van der Waals surface area contributed by atoms with Crippen molar-refractivity contribution in [3.63, 3.8) is 0 Å². The summed E-state index contributed by atoms with van der Waals surface area (Å²) in [4.78, 5) is 0. The summed E-state index contributed by atoms with van der Waals surface area (Å²) >= 11 is 0. The average Bonchev–Trinajstić information content (AvgIpc) is 2.05. The van der Waals surface area contributed by atoms with Crippen LogP contribution in [0.2, 0.25) is 0 Å². The minimum atomic E-state index is -0.134. The molecule has 0 amide bonds. The van der Waals surface area contributed by atoms with Crippen molar-refractivity contribution >= 4 is 0 Å². The maximum absolute atomic E-state index is 7.01. The smallest absolute Gasteiger partial charge is 0.0824 e. The highest BCUT2D eigenvalue weighted by atomic mass is 15.1. The molecule has 0 fully saturated rings. The first-order valence-electron chi connectivity index (χ1n) is 4.23. The van der Waals surface area contributed by atoms with E-state index >= 15 is 0 Å². The molecule has 1 aliphatic carbocycles. The summed E-state index contributed by atoms with van der Waals surface area (Å²) in [5.74, 6) is 0. The van der Waals surface area contributed by atoms with Crippen molar-refractivity contribution in [3.8, 4) is 0 Å². The number of likely N-dealkylation sites (N-methyl/N-ethyl adjacent to an activating group) is 1. The maximum Gasteiger partial charge on any atom is 0.0824 e. The van der Waals surface area contributed by atoms with Crippen LogP contribution in [0.25, 0.3) is 0 Å². The van der Waals surface area contributed by atoms with Gasteiger partial charge in [-0.15, -0.1) is 0 Å².